The fourth-order valence-corrected chi connectivity index (χ4v) is 3.48. The Morgan fingerprint density at radius 3 is 2.80 bits per heavy atom. The number of pyridine rings is 1. The predicted octanol–water partition coefficient (Wildman–Crippen LogP) is 4.63. The van der Waals surface area contributed by atoms with Crippen molar-refractivity contribution in [3.8, 4) is 0 Å². The van der Waals surface area contributed by atoms with Crippen molar-refractivity contribution in [2.24, 2.45) is 11.3 Å². The van der Waals surface area contributed by atoms with Crippen LogP contribution in [0.1, 0.15) is 49.9 Å². The Hall–Kier alpha value is -1.70. The lowest BCUT2D eigenvalue weighted by Gasteiger charge is -2.37. The first-order valence-corrected chi connectivity index (χ1v) is 7.46. The molecule has 1 aromatic heterocycles. The molecule has 20 heavy (non-hydrogen) atoms. The number of carbonyl (C=O) groups excluding carboxylic acids is 1. The first-order chi connectivity index (χ1) is 9.59. The summed E-state index contributed by atoms with van der Waals surface area (Å²) in [5.74, 6) is 0.405. The van der Waals surface area contributed by atoms with Gasteiger partial charge >= 0.3 is 0 Å². The molecule has 104 valence electrons. The molecule has 1 unspecified atom stereocenters. The predicted molar refractivity (Wildman–Crippen MR) is 81.8 cm³/mol. The van der Waals surface area contributed by atoms with Gasteiger partial charge in [0.05, 0.1) is 0 Å². The number of hydrogen-bond acceptors (Lipinski definition) is 2. The number of rotatable bonds is 2. The van der Waals surface area contributed by atoms with Gasteiger partial charge in [0.15, 0.2) is 5.78 Å². The summed E-state index contributed by atoms with van der Waals surface area (Å²) in [6, 6.07) is 8.03. The second-order valence-corrected chi connectivity index (χ2v) is 6.56. The molecule has 0 bridgehead atoms. The zero-order valence-corrected chi connectivity index (χ0v) is 12.2. The standard InChI is InChI=1S/C18H21NO/c1-18(2)10-6-5-9-16(18)17(20)15-12-19-11-13-7-3-4-8-14(13)15/h3-4,7-8,11-12,16H,5-6,9-10H2,1-2H3. The van der Waals surface area contributed by atoms with Crippen molar-refractivity contribution in [1.82, 2.24) is 4.98 Å². The van der Waals surface area contributed by atoms with Crippen molar-refractivity contribution in [2.45, 2.75) is 39.5 Å². The Morgan fingerprint density at radius 1 is 1.20 bits per heavy atom. The molecule has 1 saturated carbocycles. The molecule has 2 nitrogen and oxygen atoms in total. The van der Waals surface area contributed by atoms with E-state index in [0.717, 1.165) is 35.6 Å². The molecule has 0 N–H and O–H groups in total. The van der Waals surface area contributed by atoms with E-state index in [-0.39, 0.29) is 17.1 Å². The van der Waals surface area contributed by atoms with Gasteiger partial charge in [-0.05, 0) is 23.6 Å². The summed E-state index contributed by atoms with van der Waals surface area (Å²) in [6.07, 6.45) is 8.13. The van der Waals surface area contributed by atoms with Crippen molar-refractivity contribution < 1.29 is 4.79 Å². The molecule has 0 spiro atoms. The molecule has 3 rings (SSSR count). The Bertz CT molecular complexity index is 639. The summed E-state index contributed by atoms with van der Waals surface area (Å²) >= 11 is 0. The van der Waals surface area contributed by atoms with Crippen LogP contribution in [0.15, 0.2) is 36.7 Å². The second kappa shape index (κ2) is 5.01. The SMILES string of the molecule is CC1(C)CCCCC1C(=O)c1cncc2ccccc12. The van der Waals surface area contributed by atoms with Gasteiger partial charge < -0.3 is 0 Å². The molecule has 0 radical (unpaired) electrons. The molecule has 2 aromatic rings. The highest BCUT2D eigenvalue weighted by Gasteiger charge is 2.37. The van der Waals surface area contributed by atoms with Gasteiger partial charge in [0.2, 0.25) is 0 Å². The van der Waals surface area contributed by atoms with Crippen LogP contribution in [-0.4, -0.2) is 10.8 Å². The van der Waals surface area contributed by atoms with Crippen molar-refractivity contribution in [1.29, 1.82) is 0 Å². The largest absolute Gasteiger partial charge is 0.294 e. The van der Waals surface area contributed by atoms with Gasteiger partial charge in [-0.15, -0.1) is 0 Å². The van der Waals surface area contributed by atoms with Crippen LogP contribution in [0.2, 0.25) is 0 Å². The fourth-order valence-electron chi connectivity index (χ4n) is 3.48. The highest BCUT2D eigenvalue weighted by molar-refractivity contribution is 6.08. The van der Waals surface area contributed by atoms with Gasteiger partial charge in [0.1, 0.15) is 0 Å². The summed E-state index contributed by atoms with van der Waals surface area (Å²) in [6.45, 7) is 4.46. The van der Waals surface area contributed by atoms with E-state index in [1.54, 1.807) is 6.20 Å². The van der Waals surface area contributed by atoms with Crippen LogP contribution in [0.5, 0.6) is 0 Å². The van der Waals surface area contributed by atoms with Crippen LogP contribution in [0.3, 0.4) is 0 Å². The third kappa shape index (κ3) is 2.24. The third-order valence-corrected chi connectivity index (χ3v) is 4.76. The molecule has 0 aliphatic heterocycles. The Morgan fingerprint density at radius 2 is 2.00 bits per heavy atom. The Labute approximate surface area is 120 Å². The average molecular weight is 267 g/mol. The zero-order chi connectivity index (χ0) is 14.2. The molecular weight excluding hydrogens is 246 g/mol. The maximum Gasteiger partial charge on any atom is 0.168 e. The van der Waals surface area contributed by atoms with Crippen LogP contribution >= 0.6 is 0 Å². The number of carbonyl (C=O) groups is 1. The number of nitrogens with zero attached hydrogens (tertiary/aromatic N) is 1. The molecule has 1 aliphatic carbocycles. The molecule has 1 atom stereocenters. The van der Waals surface area contributed by atoms with Gasteiger partial charge in [-0.3, -0.25) is 9.78 Å². The van der Waals surface area contributed by atoms with Gasteiger partial charge in [-0.25, -0.2) is 0 Å². The van der Waals surface area contributed by atoms with Crippen molar-refractivity contribution in [2.75, 3.05) is 0 Å². The number of ketones is 1. The number of benzene rings is 1. The summed E-state index contributed by atoms with van der Waals surface area (Å²) < 4.78 is 0. The van der Waals surface area contributed by atoms with Gasteiger partial charge in [0, 0.05) is 29.3 Å². The normalized spacial score (nSPS) is 21.8. The van der Waals surface area contributed by atoms with E-state index in [0.29, 0.717) is 0 Å². The number of Topliss-reactive ketones (excluding diaryl/α,β-unsaturated/α-hetero) is 1. The van der Waals surface area contributed by atoms with Crippen molar-refractivity contribution in [3.05, 3.63) is 42.2 Å². The average Bonchev–Trinajstić information content (AvgIpc) is 2.45. The topological polar surface area (TPSA) is 30.0 Å². The second-order valence-electron chi connectivity index (χ2n) is 6.56. The number of aromatic nitrogens is 1. The molecule has 0 saturated heterocycles. The summed E-state index contributed by atoms with van der Waals surface area (Å²) in [7, 11) is 0. The van der Waals surface area contributed by atoms with Crippen molar-refractivity contribution >= 4 is 16.6 Å². The van der Waals surface area contributed by atoms with E-state index < -0.39 is 0 Å². The molecule has 1 aliphatic rings. The lowest BCUT2D eigenvalue weighted by atomic mass is 9.66. The molecular formula is C18H21NO. The minimum Gasteiger partial charge on any atom is -0.294 e. The van der Waals surface area contributed by atoms with Crippen LogP contribution < -0.4 is 0 Å². The van der Waals surface area contributed by atoms with E-state index in [4.69, 9.17) is 0 Å². The minimum atomic E-state index is 0.103. The number of hydrogen-bond donors (Lipinski definition) is 0. The van der Waals surface area contributed by atoms with Gasteiger partial charge in [-0.1, -0.05) is 51.0 Å². The summed E-state index contributed by atoms with van der Waals surface area (Å²) in [4.78, 5) is 17.2. The van der Waals surface area contributed by atoms with E-state index in [1.165, 1.54) is 6.42 Å². The van der Waals surface area contributed by atoms with E-state index in [1.807, 2.05) is 30.5 Å². The summed E-state index contributed by atoms with van der Waals surface area (Å²) in [5, 5.41) is 2.08. The molecule has 2 heteroatoms. The lowest BCUT2D eigenvalue weighted by molar-refractivity contribution is 0.0699. The van der Waals surface area contributed by atoms with E-state index >= 15 is 0 Å². The molecule has 1 fully saturated rings. The van der Waals surface area contributed by atoms with E-state index in [9.17, 15) is 4.79 Å². The zero-order valence-electron chi connectivity index (χ0n) is 12.2. The fraction of sp³-hybridized carbons (Fsp3) is 0.444. The monoisotopic (exact) mass is 267 g/mol. The van der Waals surface area contributed by atoms with Crippen LogP contribution in [0.4, 0.5) is 0 Å². The molecule has 1 aromatic carbocycles. The third-order valence-electron chi connectivity index (χ3n) is 4.76. The first-order valence-electron chi connectivity index (χ1n) is 7.46. The van der Waals surface area contributed by atoms with E-state index in [2.05, 4.69) is 18.8 Å². The van der Waals surface area contributed by atoms with Crippen LogP contribution in [0.25, 0.3) is 10.8 Å². The van der Waals surface area contributed by atoms with Crippen LogP contribution in [0, 0.1) is 11.3 Å². The maximum absolute atomic E-state index is 13.0. The first kappa shape index (κ1) is 13.3. The highest BCUT2D eigenvalue weighted by atomic mass is 16.1. The van der Waals surface area contributed by atoms with Crippen LogP contribution in [-0.2, 0) is 0 Å². The summed E-state index contributed by atoms with van der Waals surface area (Å²) in [5.41, 5.74) is 0.898. The highest BCUT2D eigenvalue weighted by Crippen LogP contribution is 2.42. The quantitative estimate of drug-likeness (QED) is 0.742. The maximum atomic E-state index is 13.0. The molecule has 1 heterocycles. The Balaban J connectivity index is 2.04. The minimum absolute atomic E-state index is 0.103. The Kier molecular flexibility index (Phi) is 3.33. The number of fused-ring (bicyclic) bond motifs is 1. The van der Waals surface area contributed by atoms with Gasteiger partial charge in [0.25, 0.3) is 0 Å². The molecule has 0 amide bonds. The smallest absolute Gasteiger partial charge is 0.168 e. The van der Waals surface area contributed by atoms with Crippen molar-refractivity contribution in [3.63, 3.8) is 0 Å². The van der Waals surface area contributed by atoms with Gasteiger partial charge in [-0.2, -0.15) is 0 Å². The lowest BCUT2D eigenvalue weighted by Crippen LogP contribution is -2.34.